The van der Waals surface area contributed by atoms with E-state index in [4.69, 9.17) is 11.6 Å². The SMILES string of the molecule is O=[N+]([O-])c1ccc(N2CC[NH+](Cc3cccc(Cl)c3)CC2)cc1. The van der Waals surface area contributed by atoms with Gasteiger partial charge >= 0.3 is 0 Å². The maximum Gasteiger partial charge on any atom is 0.269 e. The fraction of sp³-hybridized carbons (Fsp3) is 0.294. The van der Waals surface area contributed by atoms with Crippen molar-refractivity contribution in [3.63, 3.8) is 0 Å². The highest BCUT2D eigenvalue weighted by Gasteiger charge is 2.20. The second-order valence-electron chi connectivity index (χ2n) is 5.82. The minimum atomic E-state index is -0.364. The minimum Gasteiger partial charge on any atom is -0.360 e. The van der Waals surface area contributed by atoms with Crippen LogP contribution in [0.2, 0.25) is 5.02 Å². The Hall–Kier alpha value is -2.11. The van der Waals surface area contributed by atoms with Gasteiger partial charge in [0.25, 0.3) is 5.69 Å². The van der Waals surface area contributed by atoms with E-state index in [1.807, 2.05) is 30.3 Å². The number of nitrogens with zero attached hydrogens (tertiary/aromatic N) is 2. The van der Waals surface area contributed by atoms with Crippen LogP contribution in [0.1, 0.15) is 5.56 Å². The van der Waals surface area contributed by atoms with Gasteiger partial charge in [0, 0.05) is 28.4 Å². The first kappa shape index (κ1) is 15.8. The Labute approximate surface area is 140 Å². The molecule has 5 nitrogen and oxygen atoms in total. The second kappa shape index (κ2) is 6.98. The summed E-state index contributed by atoms with van der Waals surface area (Å²) < 4.78 is 0. The number of non-ortho nitro benzene ring substituents is 1. The van der Waals surface area contributed by atoms with Crippen LogP contribution in [0.5, 0.6) is 0 Å². The first-order chi connectivity index (χ1) is 11.1. The molecule has 120 valence electrons. The predicted molar refractivity (Wildman–Crippen MR) is 91.2 cm³/mol. The van der Waals surface area contributed by atoms with E-state index in [1.54, 1.807) is 12.1 Å². The lowest BCUT2D eigenvalue weighted by molar-refractivity contribution is -0.914. The summed E-state index contributed by atoms with van der Waals surface area (Å²) in [5.74, 6) is 0. The monoisotopic (exact) mass is 332 g/mol. The van der Waals surface area contributed by atoms with Crippen LogP contribution in [-0.4, -0.2) is 31.1 Å². The number of benzene rings is 2. The molecule has 0 radical (unpaired) electrons. The highest BCUT2D eigenvalue weighted by molar-refractivity contribution is 6.30. The molecule has 0 saturated carbocycles. The van der Waals surface area contributed by atoms with Crippen LogP contribution in [0.15, 0.2) is 48.5 Å². The van der Waals surface area contributed by atoms with Gasteiger partial charge in [-0.2, -0.15) is 0 Å². The summed E-state index contributed by atoms with van der Waals surface area (Å²) in [5, 5.41) is 11.5. The van der Waals surface area contributed by atoms with Crippen molar-refractivity contribution in [3.05, 3.63) is 69.2 Å². The number of anilines is 1. The van der Waals surface area contributed by atoms with E-state index in [0.717, 1.165) is 43.4 Å². The topological polar surface area (TPSA) is 50.8 Å². The lowest BCUT2D eigenvalue weighted by atomic mass is 10.2. The van der Waals surface area contributed by atoms with Crippen LogP contribution >= 0.6 is 11.6 Å². The summed E-state index contributed by atoms with van der Waals surface area (Å²) in [7, 11) is 0. The number of nitro groups is 1. The maximum atomic E-state index is 10.7. The van der Waals surface area contributed by atoms with Gasteiger partial charge in [0.05, 0.1) is 31.1 Å². The van der Waals surface area contributed by atoms with E-state index in [-0.39, 0.29) is 10.6 Å². The third-order valence-electron chi connectivity index (χ3n) is 4.24. The molecule has 1 fully saturated rings. The summed E-state index contributed by atoms with van der Waals surface area (Å²) in [6.45, 7) is 4.98. The average molecular weight is 333 g/mol. The average Bonchev–Trinajstić information content (AvgIpc) is 2.56. The number of nitro benzene ring substituents is 1. The van der Waals surface area contributed by atoms with Crippen LogP contribution in [-0.2, 0) is 6.54 Å². The van der Waals surface area contributed by atoms with Crippen molar-refractivity contribution in [2.75, 3.05) is 31.1 Å². The molecule has 1 aliphatic rings. The van der Waals surface area contributed by atoms with Crippen molar-refractivity contribution in [1.29, 1.82) is 0 Å². The number of hydrogen-bond donors (Lipinski definition) is 1. The molecule has 0 aromatic heterocycles. The van der Waals surface area contributed by atoms with Gasteiger partial charge in [0.15, 0.2) is 0 Å². The molecular weight excluding hydrogens is 314 g/mol. The fourth-order valence-corrected chi connectivity index (χ4v) is 3.19. The molecule has 1 aliphatic heterocycles. The lowest BCUT2D eigenvalue weighted by Gasteiger charge is -2.33. The van der Waals surface area contributed by atoms with Gasteiger partial charge in [0.2, 0.25) is 0 Å². The summed E-state index contributed by atoms with van der Waals surface area (Å²) in [4.78, 5) is 14.2. The van der Waals surface area contributed by atoms with Gasteiger partial charge in [-0.1, -0.05) is 23.7 Å². The largest absolute Gasteiger partial charge is 0.360 e. The zero-order chi connectivity index (χ0) is 16.2. The predicted octanol–water partition coefficient (Wildman–Crippen LogP) is 2.15. The van der Waals surface area contributed by atoms with Crippen molar-refractivity contribution in [2.45, 2.75) is 6.54 Å². The standard InChI is InChI=1S/C17H18ClN3O2/c18-15-3-1-2-14(12-15)13-19-8-10-20(11-9-19)16-4-6-17(7-5-16)21(22)23/h1-7,12H,8-11,13H2/p+1. The Morgan fingerprint density at radius 3 is 2.43 bits per heavy atom. The van der Waals surface area contributed by atoms with Crippen LogP contribution < -0.4 is 9.80 Å². The molecule has 23 heavy (non-hydrogen) atoms. The first-order valence-corrected chi connectivity index (χ1v) is 8.07. The molecule has 2 aromatic carbocycles. The fourth-order valence-electron chi connectivity index (χ4n) is 2.98. The molecule has 0 atom stereocenters. The Morgan fingerprint density at radius 2 is 1.83 bits per heavy atom. The summed E-state index contributed by atoms with van der Waals surface area (Å²) in [5.41, 5.74) is 2.45. The maximum absolute atomic E-state index is 10.7. The molecule has 0 unspecified atom stereocenters. The van der Waals surface area contributed by atoms with Crippen molar-refractivity contribution in [1.82, 2.24) is 0 Å². The molecule has 0 amide bonds. The molecule has 0 spiro atoms. The van der Waals surface area contributed by atoms with Crippen molar-refractivity contribution < 1.29 is 9.82 Å². The van der Waals surface area contributed by atoms with E-state index >= 15 is 0 Å². The third-order valence-corrected chi connectivity index (χ3v) is 4.47. The molecule has 1 N–H and O–H groups in total. The quantitative estimate of drug-likeness (QED) is 0.689. The van der Waals surface area contributed by atoms with Gasteiger partial charge in [-0.05, 0) is 24.3 Å². The van der Waals surface area contributed by atoms with E-state index in [0.29, 0.717) is 0 Å². The highest BCUT2D eigenvalue weighted by atomic mass is 35.5. The van der Waals surface area contributed by atoms with Crippen LogP contribution in [0.4, 0.5) is 11.4 Å². The normalized spacial score (nSPS) is 15.6. The summed E-state index contributed by atoms with van der Waals surface area (Å²) in [6.07, 6.45) is 0. The van der Waals surface area contributed by atoms with Crippen molar-refractivity contribution in [2.24, 2.45) is 0 Å². The van der Waals surface area contributed by atoms with Gasteiger partial charge in [-0.3, -0.25) is 10.1 Å². The zero-order valence-corrected chi connectivity index (χ0v) is 13.5. The van der Waals surface area contributed by atoms with Gasteiger partial charge in [-0.25, -0.2) is 0 Å². The Morgan fingerprint density at radius 1 is 1.13 bits per heavy atom. The van der Waals surface area contributed by atoms with E-state index in [2.05, 4.69) is 11.0 Å². The second-order valence-corrected chi connectivity index (χ2v) is 6.25. The number of quaternary nitrogens is 1. The van der Waals surface area contributed by atoms with Gasteiger partial charge in [0.1, 0.15) is 6.54 Å². The first-order valence-electron chi connectivity index (χ1n) is 7.69. The lowest BCUT2D eigenvalue weighted by Crippen LogP contribution is -3.13. The van der Waals surface area contributed by atoms with E-state index in [1.165, 1.54) is 10.5 Å². The molecule has 0 bridgehead atoms. The Kier molecular flexibility index (Phi) is 4.79. The van der Waals surface area contributed by atoms with Crippen LogP contribution in [0.25, 0.3) is 0 Å². The smallest absolute Gasteiger partial charge is 0.269 e. The molecule has 6 heteroatoms. The molecule has 1 heterocycles. The number of piperazine rings is 1. The molecule has 3 rings (SSSR count). The van der Waals surface area contributed by atoms with Gasteiger partial charge < -0.3 is 9.80 Å². The van der Waals surface area contributed by atoms with Crippen molar-refractivity contribution in [3.8, 4) is 0 Å². The summed E-state index contributed by atoms with van der Waals surface area (Å²) in [6, 6.07) is 14.8. The van der Waals surface area contributed by atoms with Crippen molar-refractivity contribution >= 4 is 23.0 Å². The number of rotatable bonds is 4. The van der Waals surface area contributed by atoms with Crippen LogP contribution in [0, 0.1) is 10.1 Å². The van der Waals surface area contributed by atoms with E-state index in [9.17, 15) is 10.1 Å². The minimum absolute atomic E-state index is 0.138. The molecular formula is C17H19ClN3O2+. The molecule has 2 aromatic rings. The summed E-state index contributed by atoms with van der Waals surface area (Å²) >= 11 is 6.04. The van der Waals surface area contributed by atoms with E-state index < -0.39 is 0 Å². The number of hydrogen-bond acceptors (Lipinski definition) is 3. The zero-order valence-electron chi connectivity index (χ0n) is 12.7. The molecule has 1 saturated heterocycles. The Bertz CT molecular complexity index is 682. The number of nitrogens with one attached hydrogen (secondary N) is 1. The van der Waals surface area contributed by atoms with Gasteiger partial charge in [-0.15, -0.1) is 0 Å². The molecule has 0 aliphatic carbocycles. The van der Waals surface area contributed by atoms with Crippen LogP contribution in [0.3, 0.4) is 0 Å². The Balaban J connectivity index is 1.56. The third kappa shape index (κ3) is 4.00. The number of halogens is 1. The highest BCUT2D eigenvalue weighted by Crippen LogP contribution is 2.19.